The molecule has 1 unspecified atom stereocenters. The number of benzene rings is 1. The Bertz CT molecular complexity index is 574. The standard InChI is InChI=1S/C17H23BrN2O2/c1-4-5-8-19(3)17(22)13-10-16(21)20(11-13)15-7-6-12(2)9-14(15)18/h6-7,9,13H,4-5,8,10-11H2,1-3H3. The van der Waals surface area contributed by atoms with Crippen molar-refractivity contribution in [2.45, 2.75) is 33.1 Å². The number of hydrogen-bond acceptors (Lipinski definition) is 2. The average molecular weight is 367 g/mol. The Labute approximate surface area is 140 Å². The molecule has 1 saturated heterocycles. The normalized spacial score (nSPS) is 17.9. The van der Waals surface area contributed by atoms with E-state index in [1.807, 2.05) is 32.2 Å². The quantitative estimate of drug-likeness (QED) is 0.801. The van der Waals surface area contributed by atoms with Gasteiger partial charge < -0.3 is 9.80 Å². The molecule has 0 radical (unpaired) electrons. The van der Waals surface area contributed by atoms with E-state index >= 15 is 0 Å². The first-order valence-electron chi connectivity index (χ1n) is 7.75. The maximum atomic E-state index is 12.4. The minimum absolute atomic E-state index is 0.0202. The molecule has 2 rings (SSSR count). The number of hydrogen-bond donors (Lipinski definition) is 0. The van der Waals surface area contributed by atoms with Crippen LogP contribution in [0.4, 0.5) is 5.69 Å². The van der Waals surface area contributed by atoms with Crippen LogP contribution in [0.1, 0.15) is 31.7 Å². The van der Waals surface area contributed by atoms with Crippen molar-refractivity contribution >= 4 is 33.4 Å². The topological polar surface area (TPSA) is 40.6 Å². The van der Waals surface area contributed by atoms with E-state index in [-0.39, 0.29) is 17.7 Å². The molecule has 1 heterocycles. The van der Waals surface area contributed by atoms with Gasteiger partial charge in [0.15, 0.2) is 0 Å². The Morgan fingerprint density at radius 2 is 2.18 bits per heavy atom. The highest BCUT2D eigenvalue weighted by atomic mass is 79.9. The van der Waals surface area contributed by atoms with Crippen LogP contribution in [-0.4, -0.2) is 36.9 Å². The van der Waals surface area contributed by atoms with Crippen LogP contribution in [0.2, 0.25) is 0 Å². The van der Waals surface area contributed by atoms with E-state index in [0.29, 0.717) is 13.0 Å². The molecule has 1 aromatic rings. The molecule has 1 aromatic carbocycles. The van der Waals surface area contributed by atoms with Gasteiger partial charge in [-0.15, -0.1) is 0 Å². The van der Waals surface area contributed by atoms with Crippen molar-refractivity contribution < 1.29 is 9.59 Å². The third kappa shape index (κ3) is 3.69. The number of nitrogens with zero attached hydrogens (tertiary/aromatic N) is 2. The number of anilines is 1. The van der Waals surface area contributed by atoms with Crippen LogP contribution in [0.15, 0.2) is 22.7 Å². The van der Waals surface area contributed by atoms with Crippen molar-refractivity contribution in [1.29, 1.82) is 0 Å². The van der Waals surface area contributed by atoms with Gasteiger partial charge in [-0.25, -0.2) is 0 Å². The summed E-state index contributed by atoms with van der Waals surface area (Å²) in [5, 5.41) is 0. The zero-order valence-corrected chi connectivity index (χ0v) is 15.0. The second-order valence-electron chi connectivity index (χ2n) is 5.97. The summed E-state index contributed by atoms with van der Waals surface area (Å²) in [4.78, 5) is 28.2. The molecule has 0 aliphatic carbocycles. The SMILES string of the molecule is CCCCN(C)C(=O)C1CC(=O)N(c2ccc(C)cc2Br)C1. The van der Waals surface area contributed by atoms with Crippen LogP contribution in [0.3, 0.4) is 0 Å². The summed E-state index contributed by atoms with van der Waals surface area (Å²) in [6.45, 7) is 5.34. The molecule has 0 bridgehead atoms. The predicted molar refractivity (Wildman–Crippen MR) is 91.9 cm³/mol. The van der Waals surface area contributed by atoms with Gasteiger partial charge in [-0.1, -0.05) is 19.4 Å². The first kappa shape index (κ1) is 17.0. The monoisotopic (exact) mass is 366 g/mol. The zero-order valence-electron chi connectivity index (χ0n) is 13.4. The molecule has 22 heavy (non-hydrogen) atoms. The van der Waals surface area contributed by atoms with Crippen LogP contribution in [0, 0.1) is 12.8 Å². The van der Waals surface area contributed by atoms with Gasteiger partial charge in [0.2, 0.25) is 11.8 Å². The van der Waals surface area contributed by atoms with Gasteiger partial charge in [0.05, 0.1) is 11.6 Å². The summed E-state index contributed by atoms with van der Waals surface area (Å²) in [5.41, 5.74) is 1.98. The highest BCUT2D eigenvalue weighted by Gasteiger charge is 2.36. The highest BCUT2D eigenvalue weighted by molar-refractivity contribution is 9.10. The summed E-state index contributed by atoms with van der Waals surface area (Å²) in [6.07, 6.45) is 2.36. The number of aryl methyl sites for hydroxylation is 1. The largest absolute Gasteiger partial charge is 0.345 e. The molecule has 1 atom stereocenters. The summed E-state index contributed by atoms with van der Waals surface area (Å²) < 4.78 is 0.897. The van der Waals surface area contributed by atoms with E-state index in [1.54, 1.807) is 9.80 Å². The number of amides is 2. The summed E-state index contributed by atoms with van der Waals surface area (Å²) in [7, 11) is 1.83. The van der Waals surface area contributed by atoms with E-state index in [2.05, 4.69) is 22.9 Å². The maximum Gasteiger partial charge on any atom is 0.227 e. The smallest absolute Gasteiger partial charge is 0.227 e. The van der Waals surface area contributed by atoms with E-state index in [4.69, 9.17) is 0 Å². The lowest BCUT2D eigenvalue weighted by Crippen LogP contribution is -2.35. The van der Waals surface area contributed by atoms with E-state index in [0.717, 1.165) is 35.1 Å². The van der Waals surface area contributed by atoms with Crippen molar-refractivity contribution in [3.8, 4) is 0 Å². The molecule has 0 spiro atoms. The van der Waals surface area contributed by atoms with Gasteiger partial charge in [-0.2, -0.15) is 0 Å². The molecule has 1 aliphatic heterocycles. The number of rotatable bonds is 5. The molecule has 2 amide bonds. The molecular weight excluding hydrogens is 344 g/mol. The summed E-state index contributed by atoms with van der Waals surface area (Å²) >= 11 is 3.52. The Morgan fingerprint density at radius 1 is 1.45 bits per heavy atom. The minimum atomic E-state index is -0.234. The van der Waals surface area contributed by atoms with Crippen molar-refractivity contribution in [1.82, 2.24) is 4.90 Å². The lowest BCUT2D eigenvalue weighted by molar-refractivity contribution is -0.134. The van der Waals surface area contributed by atoms with Crippen LogP contribution >= 0.6 is 15.9 Å². The van der Waals surface area contributed by atoms with Gasteiger partial charge in [0, 0.05) is 31.0 Å². The first-order valence-corrected chi connectivity index (χ1v) is 8.54. The predicted octanol–water partition coefficient (Wildman–Crippen LogP) is 3.37. The third-order valence-electron chi connectivity index (χ3n) is 4.09. The van der Waals surface area contributed by atoms with Crippen LogP contribution in [0.5, 0.6) is 0 Å². The average Bonchev–Trinajstić information content (AvgIpc) is 2.85. The number of carbonyl (C=O) groups excluding carboxylic acids is 2. The molecule has 0 saturated carbocycles. The van der Waals surface area contributed by atoms with Gasteiger partial charge in [-0.3, -0.25) is 9.59 Å². The van der Waals surface area contributed by atoms with Crippen LogP contribution < -0.4 is 4.90 Å². The van der Waals surface area contributed by atoms with Gasteiger partial charge in [0.25, 0.3) is 0 Å². The zero-order chi connectivity index (χ0) is 16.3. The first-order chi connectivity index (χ1) is 10.4. The van der Waals surface area contributed by atoms with Gasteiger partial charge in [0.1, 0.15) is 0 Å². The number of carbonyl (C=O) groups is 2. The molecule has 0 aromatic heterocycles. The van der Waals surface area contributed by atoms with Gasteiger partial charge >= 0.3 is 0 Å². The fourth-order valence-electron chi connectivity index (χ4n) is 2.75. The molecule has 1 aliphatic rings. The lowest BCUT2D eigenvalue weighted by atomic mass is 10.1. The Morgan fingerprint density at radius 3 is 2.82 bits per heavy atom. The van der Waals surface area contributed by atoms with Crippen molar-refractivity contribution in [3.05, 3.63) is 28.2 Å². The number of unbranched alkanes of at least 4 members (excludes halogenated alkanes) is 1. The second kappa shape index (κ2) is 7.27. The minimum Gasteiger partial charge on any atom is -0.345 e. The fraction of sp³-hybridized carbons (Fsp3) is 0.529. The van der Waals surface area contributed by atoms with E-state index in [1.165, 1.54) is 0 Å². The molecule has 4 nitrogen and oxygen atoms in total. The Hall–Kier alpha value is -1.36. The van der Waals surface area contributed by atoms with Crippen LogP contribution in [-0.2, 0) is 9.59 Å². The van der Waals surface area contributed by atoms with Crippen molar-refractivity contribution in [2.24, 2.45) is 5.92 Å². The second-order valence-corrected chi connectivity index (χ2v) is 6.83. The number of halogens is 1. The van der Waals surface area contributed by atoms with Crippen molar-refractivity contribution in [2.75, 3.05) is 25.0 Å². The fourth-order valence-corrected chi connectivity index (χ4v) is 3.46. The summed E-state index contributed by atoms with van der Waals surface area (Å²) in [5.74, 6) is -0.137. The molecule has 0 N–H and O–H groups in total. The van der Waals surface area contributed by atoms with Gasteiger partial charge in [-0.05, 0) is 47.0 Å². The third-order valence-corrected chi connectivity index (χ3v) is 4.73. The molecule has 5 heteroatoms. The van der Waals surface area contributed by atoms with Crippen LogP contribution in [0.25, 0.3) is 0 Å². The van der Waals surface area contributed by atoms with E-state index in [9.17, 15) is 9.59 Å². The molecule has 120 valence electrons. The maximum absolute atomic E-state index is 12.4. The lowest BCUT2D eigenvalue weighted by Gasteiger charge is -2.22. The Balaban J connectivity index is 2.09. The summed E-state index contributed by atoms with van der Waals surface area (Å²) in [6, 6.07) is 5.91. The molecule has 1 fully saturated rings. The highest BCUT2D eigenvalue weighted by Crippen LogP contribution is 2.32. The van der Waals surface area contributed by atoms with Crippen molar-refractivity contribution in [3.63, 3.8) is 0 Å². The molecular formula is C17H23BrN2O2. The Kier molecular flexibility index (Phi) is 5.62. The van der Waals surface area contributed by atoms with E-state index < -0.39 is 0 Å².